The van der Waals surface area contributed by atoms with Crippen LogP contribution in [0.2, 0.25) is 0 Å². The summed E-state index contributed by atoms with van der Waals surface area (Å²) in [5.74, 6) is 0.194. The maximum absolute atomic E-state index is 13.0. The van der Waals surface area contributed by atoms with E-state index in [2.05, 4.69) is 0 Å². The molecule has 0 unspecified atom stereocenters. The molecule has 126 valence electrons. The SMILES string of the molecule is COC(=O)c1ccc2c(c1)SCCN2S(=O)(=O)c1ccc(C)cc1. The summed E-state index contributed by atoms with van der Waals surface area (Å²) in [4.78, 5) is 12.7. The van der Waals surface area contributed by atoms with E-state index in [-0.39, 0.29) is 4.90 Å². The molecular weight excluding hydrogens is 346 g/mol. The molecule has 3 rings (SSSR count). The fourth-order valence-corrected chi connectivity index (χ4v) is 5.21. The van der Waals surface area contributed by atoms with Gasteiger partial charge in [0.25, 0.3) is 10.0 Å². The second-order valence-corrected chi connectivity index (χ2v) is 8.41. The van der Waals surface area contributed by atoms with Gasteiger partial charge in [0.15, 0.2) is 0 Å². The highest BCUT2D eigenvalue weighted by Gasteiger charge is 2.30. The van der Waals surface area contributed by atoms with Gasteiger partial charge in [0.2, 0.25) is 0 Å². The number of carbonyl (C=O) groups is 1. The van der Waals surface area contributed by atoms with Crippen LogP contribution in [0.4, 0.5) is 5.69 Å². The van der Waals surface area contributed by atoms with Crippen molar-refractivity contribution in [1.29, 1.82) is 0 Å². The minimum atomic E-state index is -3.63. The number of ether oxygens (including phenoxy) is 1. The molecule has 1 aliphatic heterocycles. The third-order valence-corrected chi connectivity index (χ3v) is 6.66. The van der Waals surface area contributed by atoms with Crippen molar-refractivity contribution in [2.45, 2.75) is 16.7 Å². The second kappa shape index (κ2) is 6.49. The molecular formula is C17H17NO4S2. The van der Waals surface area contributed by atoms with E-state index in [9.17, 15) is 13.2 Å². The fourth-order valence-electron chi connectivity index (χ4n) is 2.53. The molecule has 7 heteroatoms. The fraction of sp³-hybridized carbons (Fsp3) is 0.235. The molecule has 0 bridgehead atoms. The van der Waals surface area contributed by atoms with Gasteiger partial charge in [-0.3, -0.25) is 4.31 Å². The molecule has 1 heterocycles. The predicted molar refractivity (Wildman–Crippen MR) is 94.2 cm³/mol. The third-order valence-electron chi connectivity index (χ3n) is 3.81. The highest BCUT2D eigenvalue weighted by Crippen LogP contribution is 2.38. The summed E-state index contributed by atoms with van der Waals surface area (Å²) in [6.07, 6.45) is 0. The number of esters is 1. The zero-order valence-corrected chi connectivity index (χ0v) is 15.0. The number of nitrogens with zero attached hydrogens (tertiary/aromatic N) is 1. The Labute approximate surface area is 145 Å². The Morgan fingerprint density at radius 1 is 1.17 bits per heavy atom. The first-order valence-corrected chi connectivity index (χ1v) is 9.80. The summed E-state index contributed by atoms with van der Waals surface area (Å²) in [7, 11) is -2.30. The normalized spacial score (nSPS) is 14.2. The molecule has 0 atom stereocenters. The van der Waals surface area contributed by atoms with Gasteiger partial charge in [-0.1, -0.05) is 17.7 Å². The molecule has 0 amide bonds. The zero-order valence-electron chi connectivity index (χ0n) is 13.4. The Morgan fingerprint density at radius 2 is 1.88 bits per heavy atom. The number of rotatable bonds is 3. The Morgan fingerprint density at radius 3 is 2.54 bits per heavy atom. The van der Waals surface area contributed by atoms with Gasteiger partial charge >= 0.3 is 5.97 Å². The number of fused-ring (bicyclic) bond motifs is 1. The lowest BCUT2D eigenvalue weighted by molar-refractivity contribution is 0.0600. The molecule has 1 aliphatic rings. The van der Waals surface area contributed by atoms with Gasteiger partial charge in [-0.25, -0.2) is 13.2 Å². The minimum Gasteiger partial charge on any atom is -0.465 e. The summed E-state index contributed by atoms with van der Waals surface area (Å²) in [6.45, 7) is 2.31. The quantitative estimate of drug-likeness (QED) is 0.784. The van der Waals surface area contributed by atoms with E-state index in [4.69, 9.17) is 4.74 Å². The van der Waals surface area contributed by atoms with Gasteiger partial charge in [-0.2, -0.15) is 0 Å². The van der Waals surface area contributed by atoms with Gasteiger partial charge < -0.3 is 4.74 Å². The average molecular weight is 363 g/mol. The summed E-state index contributed by atoms with van der Waals surface area (Å²) >= 11 is 1.53. The summed E-state index contributed by atoms with van der Waals surface area (Å²) in [5.41, 5.74) is 2.02. The lowest BCUT2D eigenvalue weighted by Crippen LogP contribution is -2.35. The molecule has 5 nitrogen and oxygen atoms in total. The third kappa shape index (κ3) is 3.01. The van der Waals surface area contributed by atoms with Crippen molar-refractivity contribution < 1.29 is 17.9 Å². The van der Waals surface area contributed by atoms with Crippen LogP contribution in [-0.2, 0) is 14.8 Å². The monoisotopic (exact) mass is 363 g/mol. The Bertz CT molecular complexity index is 876. The molecule has 2 aromatic carbocycles. The molecule has 24 heavy (non-hydrogen) atoms. The van der Waals surface area contributed by atoms with Crippen molar-refractivity contribution in [1.82, 2.24) is 0 Å². The van der Waals surface area contributed by atoms with E-state index in [1.165, 1.54) is 23.2 Å². The molecule has 0 N–H and O–H groups in total. The summed E-state index contributed by atoms with van der Waals surface area (Å²) < 4.78 is 32.1. The maximum atomic E-state index is 13.0. The van der Waals surface area contributed by atoms with Crippen molar-refractivity contribution in [2.24, 2.45) is 0 Å². The average Bonchev–Trinajstić information content (AvgIpc) is 2.60. The Hall–Kier alpha value is -1.99. The molecule has 0 radical (unpaired) electrons. The molecule has 0 fully saturated rings. The first-order chi connectivity index (χ1) is 11.4. The van der Waals surface area contributed by atoms with Crippen LogP contribution in [0.1, 0.15) is 15.9 Å². The highest BCUT2D eigenvalue weighted by atomic mass is 32.2. The number of hydrogen-bond donors (Lipinski definition) is 0. The van der Waals surface area contributed by atoms with Crippen LogP contribution in [0, 0.1) is 6.92 Å². The van der Waals surface area contributed by atoms with E-state index in [1.807, 2.05) is 6.92 Å². The van der Waals surface area contributed by atoms with E-state index in [0.717, 1.165) is 10.5 Å². The van der Waals surface area contributed by atoms with Gasteiger partial charge in [0.05, 0.1) is 23.3 Å². The number of aryl methyl sites for hydroxylation is 1. The number of sulfonamides is 1. The number of benzene rings is 2. The van der Waals surface area contributed by atoms with Crippen LogP contribution in [-0.4, -0.2) is 33.8 Å². The second-order valence-electron chi connectivity index (χ2n) is 5.41. The lowest BCUT2D eigenvalue weighted by atomic mass is 10.2. The van der Waals surface area contributed by atoms with Crippen molar-refractivity contribution in [2.75, 3.05) is 23.7 Å². The van der Waals surface area contributed by atoms with E-state index < -0.39 is 16.0 Å². The molecule has 2 aromatic rings. The van der Waals surface area contributed by atoms with Crippen molar-refractivity contribution in [3.05, 3.63) is 53.6 Å². The summed E-state index contributed by atoms with van der Waals surface area (Å²) in [6, 6.07) is 11.7. The first-order valence-electron chi connectivity index (χ1n) is 7.38. The Kier molecular flexibility index (Phi) is 4.56. The van der Waals surface area contributed by atoms with Gasteiger partial charge in [0, 0.05) is 17.2 Å². The molecule has 0 saturated carbocycles. The van der Waals surface area contributed by atoms with Gasteiger partial charge in [-0.05, 0) is 37.3 Å². The smallest absolute Gasteiger partial charge is 0.337 e. The van der Waals surface area contributed by atoms with Gasteiger partial charge in [0.1, 0.15) is 0 Å². The predicted octanol–water partition coefficient (Wildman–Crippen LogP) is 3.08. The number of methoxy groups -OCH3 is 1. The van der Waals surface area contributed by atoms with Crippen LogP contribution < -0.4 is 4.31 Å². The number of carbonyl (C=O) groups excluding carboxylic acids is 1. The maximum Gasteiger partial charge on any atom is 0.337 e. The molecule has 0 spiro atoms. The standard InChI is InChI=1S/C17H17NO4S2/c1-12-3-6-14(7-4-12)24(20,21)18-9-10-23-16-11-13(17(19)22-2)5-8-15(16)18/h3-8,11H,9-10H2,1-2H3. The van der Waals surface area contributed by atoms with Crippen molar-refractivity contribution in [3.63, 3.8) is 0 Å². The number of thioether (sulfide) groups is 1. The zero-order chi connectivity index (χ0) is 17.3. The minimum absolute atomic E-state index is 0.267. The van der Waals surface area contributed by atoms with Crippen LogP contribution in [0.5, 0.6) is 0 Å². The largest absolute Gasteiger partial charge is 0.465 e. The van der Waals surface area contributed by atoms with Crippen molar-refractivity contribution in [3.8, 4) is 0 Å². The van der Waals surface area contributed by atoms with E-state index >= 15 is 0 Å². The first kappa shape index (κ1) is 16.9. The molecule has 0 aromatic heterocycles. The molecule has 0 saturated heterocycles. The topological polar surface area (TPSA) is 63.7 Å². The Balaban J connectivity index is 2.03. The van der Waals surface area contributed by atoms with Crippen LogP contribution in [0.3, 0.4) is 0 Å². The van der Waals surface area contributed by atoms with Crippen molar-refractivity contribution >= 4 is 33.4 Å². The summed E-state index contributed by atoms with van der Waals surface area (Å²) in [5, 5.41) is 0. The van der Waals surface area contributed by atoms with Crippen LogP contribution in [0.25, 0.3) is 0 Å². The van der Waals surface area contributed by atoms with E-state index in [0.29, 0.717) is 23.5 Å². The number of hydrogen-bond acceptors (Lipinski definition) is 5. The number of anilines is 1. The van der Waals surface area contributed by atoms with Crippen LogP contribution >= 0.6 is 11.8 Å². The molecule has 0 aliphatic carbocycles. The van der Waals surface area contributed by atoms with Crippen LogP contribution in [0.15, 0.2) is 52.3 Å². The lowest BCUT2D eigenvalue weighted by Gasteiger charge is -2.30. The van der Waals surface area contributed by atoms with Gasteiger partial charge in [-0.15, -0.1) is 11.8 Å². The highest BCUT2D eigenvalue weighted by molar-refractivity contribution is 8.00. The van der Waals surface area contributed by atoms with E-state index in [1.54, 1.807) is 42.5 Å².